The molecule has 0 saturated carbocycles. The Morgan fingerprint density at radius 2 is 2.03 bits per heavy atom. The van der Waals surface area contributed by atoms with Crippen molar-refractivity contribution in [3.05, 3.63) is 24.3 Å². The van der Waals surface area contributed by atoms with Crippen LogP contribution >= 0.6 is 0 Å². The van der Waals surface area contributed by atoms with E-state index in [0.29, 0.717) is 17.2 Å². The van der Waals surface area contributed by atoms with Crippen LogP contribution in [0.4, 0.5) is 20.5 Å². The molecule has 2 aliphatic rings. The van der Waals surface area contributed by atoms with E-state index in [0.717, 1.165) is 6.20 Å². The van der Waals surface area contributed by atoms with Gasteiger partial charge in [0.1, 0.15) is 11.4 Å². The van der Waals surface area contributed by atoms with Crippen LogP contribution in [0.1, 0.15) is 0 Å². The van der Waals surface area contributed by atoms with Gasteiger partial charge in [0.15, 0.2) is 39.0 Å². The Hall–Kier alpha value is -3.26. The molecule has 14 heteroatoms. The third-order valence-electron chi connectivity index (χ3n) is 5.51. The number of methoxy groups -OCH3 is 1. The van der Waals surface area contributed by atoms with Crippen molar-refractivity contribution in [2.24, 2.45) is 4.99 Å². The molecule has 3 aromatic rings. The number of aromatic nitrogens is 5. The van der Waals surface area contributed by atoms with Gasteiger partial charge in [0.05, 0.1) is 36.7 Å². The first-order chi connectivity index (χ1) is 15.8. The normalized spacial score (nSPS) is 21.7. The van der Waals surface area contributed by atoms with Gasteiger partial charge in [-0.05, 0) is 0 Å². The van der Waals surface area contributed by atoms with Gasteiger partial charge in [-0.3, -0.25) is 0 Å². The number of hydrogen-bond acceptors (Lipinski definition) is 10. The largest absolute Gasteiger partial charge is 0.493 e. The average Bonchev–Trinajstić information content (AvgIpc) is 3.39. The van der Waals surface area contributed by atoms with Gasteiger partial charge in [0.25, 0.3) is 0 Å². The van der Waals surface area contributed by atoms with E-state index in [1.54, 1.807) is 11.0 Å². The van der Waals surface area contributed by atoms with Gasteiger partial charge in [-0.2, -0.15) is 0 Å². The second kappa shape index (κ2) is 8.26. The smallest absolute Gasteiger partial charge is 0.250 e. The molecule has 0 aliphatic carbocycles. The SMILES string of the molecule is COc1cc2ncc(-c3nc(/N=C4/CNC[C@@H]4F)ncc3F)n2nc1N1CCS(=O)(=O)CC1. The molecule has 0 bridgehead atoms. The Morgan fingerprint density at radius 1 is 1.24 bits per heavy atom. The number of halogens is 2. The van der Waals surface area contributed by atoms with E-state index in [-0.39, 0.29) is 60.7 Å². The van der Waals surface area contributed by atoms with Gasteiger partial charge in [-0.15, -0.1) is 5.10 Å². The lowest BCUT2D eigenvalue weighted by Gasteiger charge is -2.28. The molecule has 2 fully saturated rings. The molecule has 0 aromatic carbocycles. The number of aliphatic imine (C=N–C) groups is 1. The third-order valence-corrected chi connectivity index (χ3v) is 7.12. The van der Waals surface area contributed by atoms with E-state index in [4.69, 9.17) is 4.74 Å². The molecule has 11 nitrogen and oxygen atoms in total. The Labute approximate surface area is 187 Å². The summed E-state index contributed by atoms with van der Waals surface area (Å²) in [5.74, 6) is 0.0362. The number of imidazole rings is 1. The maximum absolute atomic E-state index is 14.7. The molecule has 0 spiro atoms. The fourth-order valence-corrected chi connectivity index (χ4v) is 4.93. The first-order valence-electron chi connectivity index (χ1n) is 10.2. The Balaban J connectivity index is 1.57. The van der Waals surface area contributed by atoms with E-state index >= 15 is 0 Å². The predicted molar refractivity (Wildman–Crippen MR) is 116 cm³/mol. The minimum absolute atomic E-state index is 0.00131. The van der Waals surface area contributed by atoms with Crippen LogP contribution in [0.15, 0.2) is 23.5 Å². The summed E-state index contributed by atoms with van der Waals surface area (Å²) in [5, 5.41) is 7.43. The van der Waals surface area contributed by atoms with Crippen molar-refractivity contribution in [3.63, 3.8) is 0 Å². The molecular formula is C19H20F2N8O3S. The highest BCUT2D eigenvalue weighted by molar-refractivity contribution is 7.91. The second-order valence-corrected chi connectivity index (χ2v) is 9.96. The number of fused-ring (bicyclic) bond motifs is 1. The highest BCUT2D eigenvalue weighted by Crippen LogP contribution is 2.31. The maximum atomic E-state index is 14.7. The van der Waals surface area contributed by atoms with Gasteiger partial charge < -0.3 is 15.0 Å². The summed E-state index contributed by atoms with van der Waals surface area (Å²) in [5.41, 5.74) is 0.769. The van der Waals surface area contributed by atoms with Gasteiger partial charge in [-0.1, -0.05) is 0 Å². The summed E-state index contributed by atoms with van der Waals surface area (Å²) in [6.45, 7) is 0.932. The van der Waals surface area contributed by atoms with Crippen LogP contribution in [0.3, 0.4) is 0 Å². The van der Waals surface area contributed by atoms with Crippen LogP contribution in [-0.4, -0.2) is 89.7 Å². The molecular weight excluding hydrogens is 458 g/mol. The Bertz CT molecular complexity index is 1350. The number of sulfone groups is 1. The molecule has 3 aromatic heterocycles. The van der Waals surface area contributed by atoms with Crippen molar-refractivity contribution in [1.29, 1.82) is 0 Å². The summed E-state index contributed by atoms with van der Waals surface area (Å²) < 4.78 is 59.1. The van der Waals surface area contributed by atoms with Crippen molar-refractivity contribution < 1.29 is 21.9 Å². The number of nitrogens with zero attached hydrogens (tertiary/aromatic N) is 7. The van der Waals surface area contributed by atoms with E-state index in [9.17, 15) is 17.2 Å². The van der Waals surface area contributed by atoms with Gasteiger partial charge in [0.2, 0.25) is 5.95 Å². The predicted octanol–water partition coefficient (Wildman–Crippen LogP) is 0.583. The first-order valence-corrected chi connectivity index (χ1v) is 12.0. The molecule has 5 rings (SSSR count). The molecule has 174 valence electrons. The van der Waals surface area contributed by atoms with Crippen LogP contribution in [0.25, 0.3) is 17.0 Å². The number of alkyl halides is 1. The van der Waals surface area contributed by atoms with E-state index in [2.05, 4.69) is 30.4 Å². The highest BCUT2D eigenvalue weighted by atomic mass is 32.2. The van der Waals surface area contributed by atoms with Gasteiger partial charge in [0, 0.05) is 32.2 Å². The van der Waals surface area contributed by atoms with E-state index < -0.39 is 21.8 Å². The Kier molecular flexibility index (Phi) is 5.40. The molecule has 2 saturated heterocycles. The van der Waals surface area contributed by atoms with Crippen LogP contribution in [0.2, 0.25) is 0 Å². The van der Waals surface area contributed by atoms with E-state index in [1.165, 1.54) is 17.8 Å². The number of anilines is 1. The minimum Gasteiger partial charge on any atom is -0.493 e. The quantitative estimate of drug-likeness (QED) is 0.573. The Morgan fingerprint density at radius 3 is 2.73 bits per heavy atom. The van der Waals surface area contributed by atoms with E-state index in [1.807, 2.05) is 0 Å². The molecule has 1 N–H and O–H groups in total. The number of ether oxygens (including phenoxy) is 1. The zero-order valence-electron chi connectivity index (χ0n) is 17.6. The fourth-order valence-electron chi connectivity index (χ4n) is 3.73. The second-order valence-electron chi connectivity index (χ2n) is 7.66. The van der Waals surface area contributed by atoms with Gasteiger partial charge >= 0.3 is 0 Å². The summed E-state index contributed by atoms with van der Waals surface area (Å²) in [6.07, 6.45) is 1.13. The van der Waals surface area contributed by atoms with Crippen LogP contribution in [0, 0.1) is 5.82 Å². The molecule has 0 radical (unpaired) electrons. The summed E-state index contributed by atoms with van der Waals surface area (Å²) in [4.78, 5) is 18.2. The first kappa shape index (κ1) is 21.6. The molecule has 33 heavy (non-hydrogen) atoms. The van der Waals surface area contributed by atoms with Crippen LogP contribution in [0.5, 0.6) is 5.75 Å². The molecule has 2 aliphatic heterocycles. The van der Waals surface area contributed by atoms with Crippen molar-refractivity contribution in [3.8, 4) is 17.1 Å². The number of hydrogen-bond donors (Lipinski definition) is 1. The third kappa shape index (κ3) is 4.11. The maximum Gasteiger partial charge on any atom is 0.250 e. The molecule has 5 heterocycles. The highest BCUT2D eigenvalue weighted by Gasteiger charge is 2.27. The van der Waals surface area contributed by atoms with Crippen LogP contribution < -0.4 is 15.0 Å². The number of rotatable bonds is 4. The molecule has 0 unspecified atom stereocenters. The van der Waals surface area contributed by atoms with Crippen molar-refractivity contribution in [2.45, 2.75) is 6.17 Å². The molecule has 1 atom stereocenters. The summed E-state index contributed by atoms with van der Waals surface area (Å²) in [7, 11) is -1.61. The summed E-state index contributed by atoms with van der Waals surface area (Å²) >= 11 is 0. The summed E-state index contributed by atoms with van der Waals surface area (Å²) in [6, 6.07) is 1.63. The van der Waals surface area contributed by atoms with Crippen molar-refractivity contribution in [1.82, 2.24) is 29.9 Å². The zero-order valence-corrected chi connectivity index (χ0v) is 18.4. The zero-order chi connectivity index (χ0) is 23.2. The monoisotopic (exact) mass is 478 g/mol. The average molecular weight is 478 g/mol. The number of nitrogens with one attached hydrogen (secondary N) is 1. The topological polar surface area (TPSA) is 127 Å². The lowest BCUT2D eigenvalue weighted by atomic mass is 10.3. The fraction of sp³-hybridized carbons (Fsp3) is 0.421. The standard InChI is InChI=1S/C19H20F2N8O3S/c1-32-15-6-16-23-10-14(29(16)27-18(15)28-2-4-33(30,31)5-3-28)17-12(21)8-24-19(26-17)25-13-9-22-7-11(13)20/h6,8,10-11,22H,2-5,7,9H2,1H3/b25-13-/t11-/m0/s1. The minimum atomic E-state index is -3.09. The van der Waals surface area contributed by atoms with Crippen molar-refractivity contribution in [2.75, 3.05) is 49.7 Å². The van der Waals surface area contributed by atoms with Gasteiger partial charge in [-0.25, -0.2) is 41.7 Å². The lowest BCUT2D eigenvalue weighted by molar-refractivity contribution is 0.411. The lowest BCUT2D eigenvalue weighted by Crippen LogP contribution is -2.41. The molecule has 0 amide bonds. The van der Waals surface area contributed by atoms with Crippen molar-refractivity contribution >= 4 is 33.0 Å². The van der Waals surface area contributed by atoms with Crippen LogP contribution in [-0.2, 0) is 9.84 Å².